The van der Waals surface area contributed by atoms with Gasteiger partial charge in [-0.3, -0.25) is 0 Å². The van der Waals surface area contributed by atoms with E-state index in [0.717, 1.165) is 49.8 Å². The summed E-state index contributed by atoms with van der Waals surface area (Å²) in [6.07, 6.45) is 59.2. The van der Waals surface area contributed by atoms with Crippen molar-refractivity contribution < 1.29 is 28.5 Å². The highest BCUT2D eigenvalue weighted by Gasteiger charge is 2.57. The van der Waals surface area contributed by atoms with E-state index >= 15 is 0 Å². The lowest BCUT2D eigenvalue weighted by Gasteiger charge is -2.45. The highest BCUT2D eigenvalue weighted by molar-refractivity contribution is 5.93. The summed E-state index contributed by atoms with van der Waals surface area (Å²) in [6, 6.07) is 17.9. The van der Waals surface area contributed by atoms with Gasteiger partial charge in [-0.2, -0.15) is 0 Å². The molecule has 2 aliphatic heterocycles. The average molecular weight is 1120 g/mol. The largest absolute Gasteiger partial charge is 0.490 e. The minimum atomic E-state index is -0.690. The van der Waals surface area contributed by atoms with Gasteiger partial charge >= 0.3 is 5.97 Å². The third-order valence-corrected chi connectivity index (χ3v) is 17.8. The van der Waals surface area contributed by atoms with Crippen molar-refractivity contribution in [1.82, 2.24) is 0 Å². The van der Waals surface area contributed by atoms with E-state index in [1.807, 2.05) is 30.3 Å². The maximum atomic E-state index is 14.4. The number of hydrogen-bond donors (Lipinski definition) is 0. The topological polar surface area (TPSA) is 66.5 Å². The van der Waals surface area contributed by atoms with Crippen LogP contribution in [0.5, 0.6) is 28.7 Å². The van der Waals surface area contributed by atoms with E-state index in [0.29, 0.717) is 48.4 Å². The number of esters is 1. The highest BCUT2D eigenvalue weighted by Crippen LogP contribution is 2.54. The average Bonchev–Trinajstić information content (AvgIpc) is 3.71. The zero-order chi connectivity index (χ0) is 57.5. The molecule has 0 N–H and O–H groups in total. The van der Waals surface area contributed by atoms with Crippen LogP contribution in [0.4, 0.5) is 5.69 Å². The molecular formula is C74H119NO6. The number of unbranched alkanes of at least 4 members (excludes halogenated alkanes) is 39. The number of hydrogen-bond acceptors (Lipinski definition) is 7. The van der Waals surface area contributed by atoms with Gasteiger partial charge in [0.05, 0.1) is 30.8 Å². The molecule has 0 saturated carbocycles. The molecule has 2 aliphatic rings. The van der Waals surface area contributed by atoms with Crippen LogP contribution in [0.3, 0.4) is 0 Å². The Balaban J connectivity index is 1.20. The zero-order valence-electron chi connectivity index (χ0n) is 53.1. The quantitative estimate of drug-likeness (QED) is 0.0317. The second-order valence-electron chi connectivity index (χ2n) is 25.1. The molecule has 81 heavy (non-hydrogen) atoms. The number of ether oxygens (including phenoxy) is 5. The van der Waals surface area contributed by atoms with Gasteiger partial charge in [-0.05, 0) is 87.2 Å². The number of para-hydroxylation sites is 1. The maximum absolute atomic E-state index is 14.4. The van der Waals surface area contributed by atoms with Gasteiger partial charge in [0.25, 0.3) is 0 Å². The number of rotatable bonds is 50. The SMILES string of the molecule is CCCCCCCCCCCCCCCCOc1cc(C(=O)Oc2ccc3c(c2)C=CC2(O3)N(C)c3ccccc3C2(C)C)cc(OCCCCCCCCCCCCCCCC)c1OCCCCCCCCCCCCCCCC. The smallest absolute Gasteiger partial charge is 0.343 e. The second-order valence-corrected chi connectivity index (χ2v) is 25.1. The van der Waals surface area contributed by atoms with Crippen molar-refractivity contribution in [2.45, 2.75) is 315 Å². The van der Waals surface area contributed by atoms with Gasteiger partial charge in [-0.15, -0.1) is 0 Å². The van der Waals surface area contributed by atoms with Gasteiger partial charge in [0, 0.05) is 18.3 Å². The summed E-state index contributed by atoms with van der Waals surface area (Å²) >= 11 is 0. The number of nitrogens with zero attached hydrogens (tertiary/aromatic N) is 1. The normalized spacial score (nSPS) is 15.0. The Labute approximate surface area is 497 Å². The van der Waals surface area contributed by atoms with Crippen LogP contribution >= 0.6 is 0 Å². The molecule has 456 valence electrons. The third-order valence-electron chi connectivity index (χ3n) is 17.8. The molecule has 1 unspecified atom stereocenters. The molecule has 0 aromatic heterocycles. The van der Waals surface area contributed by atoms with Gasteiger partial charge in [0.15, 0.2) is 11.5 Å². The Kier molecular flexibility index (Phi) is 34.2. The molecule has 0 fully saturated rings. The van der Waals surface area contributed by atoms with Crippen LogP contribution in [0.1, 0.15) is 326 Å². The Hall–Kier alpha value is -4.13. The van der Waals surface area contributed by atoms with Crippen LogP contribution in [0.2, 0.25) is 0 Å². The van der Waals surface area contributed by atoms with E-state index in [4.69, 9.17) is 23.7 Å². The standard InChI is InChI=1S/C74H119NO6/c1-7-10-13-16-19-22-25-28-31-34-37-40-43-48-57-77-69-61-64(72(76)80-65-53-54-68-63(60-65)55-56-74(81-68)73(4,5)66-51-46-47-52-67(66)75(74)6)62-70(78-58-49-44-41-38-35-32-29-26-23-20-17-14-11-8-2)71(69)79-59-50-45-42-39-36-33-30-27-24-21-18-15-12-9-3/h46-47,51-56,60-62H,7-45,48-50,57-59H2,1-6H3. The minimum Gasteiger partial charge on any atom is -0.490 e. The Morgan fingerprint density at radius 3 is 1.22 bits per heavy atom. The lowest BCUT2D eigenvalue weighted by atomic mass is 9.76. The van der Waals surface area contributed by atoms with Crippen molar-refractivity contribution in [2.75, 3.05) is 31.8 Å². The summed E-state index contributed by atoms with van der Waals surface area (Å²) in [7, 11) is 2.10. The van der Waals surface area contributed by atoms with Gasteiger partial charge in [0.1, 0.15) is 11.5 Å². The van der Waals surface area contributed by atoms with Crippen LogP contribution in [-0.2, 0) is 5.41 Å². The molecule has 0 radical (unpaired) electrons. The van der Waals surface area contributed by atoms with Gasteiger partial charge < -0.3 is 28.6 Å². The molecule has 7 heteroatoms. The molecule has 5 rings (SSSR count). The summed E-state index contributed by atoms with van der Waals surface area (Å²) < 4.78 is 33.1. The van der Waals surface area contributed by atoms with Crippen molar-refractivity contribution in [1.29, 1.82) is 0 Å². The first-order valence-electron chi connectivity index (χ1n) is 34.4. The minimum absolute atomic E-state index is 0.307. The van der Waals surface area contributed by atoms with Crippen LogP contribution in [0.15, 0.2) is 60.7 Å². The van der Waals surface area contributed by atoms with E-state index in [2.05, 4.69) is 83.0 Å². The first-order valence-corrected chi connectivity index (χ1v) is 34.4. The number of carbonyl (C=O) groups is 1. The lowest BCUT2D eigenvalue weighted by molar-refractivity contribution is 0.0579. The van der Waals surface area contributed by atoms with Crippen molar-refractivity contribution >= 4 is 17.7 Å². The van der Waals surface area contributed by atoms with Crippen LogP contribution in [0, 0.1) is 0 Å². The molecular weight excluding hydrogens is 999 g/mol. The van der Waals surface area contributed by atoms with E-state index in [9.17, 15) is 4.79 Å². The van der Waals surface area contributed by atoms with Crippen LogP contribution < -0.4 is 28.6 Å². The zero-order valence-corrected chi connectivity index (χ0v) is 53.1. The summed E-state index contributed by atoms with van der Waals surface area (Å²) in [5, 5.41) is 0. The van der Waals surface area contributed by atoms with Crippen molar-refractivity contribution in [3.8, 4) is 28.7 Å². The van der Waals surface area contributed by atoms with E-state index < -0.39 is 11.7 Å². The van der Waals surface area contributed by atoms with Crippen molar-refractivity contribution in [2.24, 2.45) is 0 Å². The number of benzene rings is 3. The van der Waals surface area contributed by atoms with Crippen LogP contribution in [-0.4, -0.2) is 38.6 Å². The molecule has 3 aromatic rings. The Bertz CT molecular complexity index is 2090. The molecule has 7 nitrogen and oxygen atoms in total. The van der Waals surface area contributed by atoms with E-state index in [1.165, 1.54) is 242 Å². The number of likely N-dealkylation sites (N-methyl/N-ethyl adjacent to an activating group) is 1. The number of anilines is 1. The summed E-state index contributed by atoms with van der Waals surface area (Å²) in [4.78, 5) is 16.6. The third kappa shape index (κ3) is 24.2. The fourth-order valence-corrected chi connectivity index (χ4v) is 12.5. The van der Waals surface area contributed by atoms with Crippen LogP contribution in [0.25, 0.3) is 6.08 Å². The second kappa shape index (κ2) is 41.0. The highest BCUT2D eigenvalue weighted by atomic mass is 16.5. The first kappa shape index (κ1) is 67.7. The molecule has 0 aliphatic carbocycles. The number of fused-ring (bicyclic) bond motifs is 2. The number of carbonyl (C=O) groups excluding carboxylic acids is 1. The fourth-order valence-electron chi connectivity index (χ4n) is 12.5. The lowest BCUT2D eigenvalue weighted by Crippen LogP contribution is -2.58. The molecule has 0 bridgehead atoms. The van der Waals surface area contributed by atoms with Crippen molar-refractivity contribution in [3.63, 3.8) is 0 Å². The molecule has 0 saturated heterocycles. The predicted octanol–water partition coefficient (Wildman–Crippen LogP) is 23.0. The van der Waals surface area contributed by atoms with Gasteiger partial charge in [-0.25, -0.2) is 4.79 Å². The van der Waals surface area contributed by atoms with E-state index in [1.54, 1.807) is 0 Å². The first-order chi connectivity index (χ1) is 39.8. The van der Waals surface area contributed by atoms with Crippen molar-refractivity contribution in [3.05, 3.63) is 77.4 Å². The van der Waals surface area contributed by atoms with E-state index in [-0.39, 0.29) is 5.41 Å². The fraction of sp³-hybridized carbons (Fsp3) is 0.716. The monoisotopic (exact) mass is 1120 g/mol. The molecule has 1 spiro atoms. The predicted molar refractivity (Wildman–Crippen MR) is 346 cm³/mol. The van der Waals surface area contributed by atoms with Gasteiger partial charge in [-0.1, -0.05) is 289 Å². The summed E-state index contributed by atoms with van der Waals surface area (Å²) in [6.45, 7) is 13.1. The van der Waals surface area contributed by atoms with Gasteiger partial charge in [0.2, 0.25) is 11.5 Å². The molecule has 0 amide bonds. The molecule has 3 aromatic carbocycles. The summed E-state index contributed by atoms with van der Waals surface area (Å²) in [5.74, 6) is 2.50. The molecule has 1 atom stereocenters. The summed E-state index contributed by atoms with van der Waals surface area (Å²) in [5.41, 5.74) is 2.68. The molecule has 2 heterocycles. The Morgan fingerprint density at radius 2 is 0.827 bits per heavy atom. The Morgan fingerprint density at radius 1 is 0.457 bits per heavy atom. The maximum Gasteiger partial charge on any atom is 0.343 e.